The highest BCUT2D eigenvalue weighted by Crippen LogP contribution is 2.40. The lowest BCUT2D eigenvalue weighted by atomic mass is 10.2. The molecule has 2 fully saturated rings. The molecule has 1 saturated heterocycles. The minimum absolute atomic E-state index is 0.134. The molecule has 0 spiro atoms. The van der Waals surface area contributed by atoms with Crippen LogP contribution in [0.25, 0.3) is 5.65 Å². The first-order valence-electron chi connectivity index (χ1n) is 10.4. The van der Waals surface area contributed by atoms with Crippen molar-refractivity contribution in [2.24, 2.45) is 0 Å². The molecule has 1 aliphatic carbocycles. The van der Waals surface area contributed by atoms with E-state index in [4.69, 9.17) is 0 Å². The number of carbonyl (C=O) groups is 1. The molecule has 9 heteroatoms. The van der Waals surface area contributed by atoms with Crippen LogP contribution in [-0.2, 0) is 6.54 Å². The molecule has 0 atom stereocenters. The van der Waals surface area contributed by atoms with Gasteiger partial charge in [0.2, 0.25) is 0 Å². The van der Waals surface area contributed by atoms with E-state index in [1.807, 2.05) is 0 Å². The Kier molecular flexibility index (Phi) is 5.13. The van der Waals surface area contributed by atoms with Crippen LogP contribution in [0.15, 0.2) is 36.4 Å². The Morgan fingerprint density at radius 3 is 2.42 bits per heavy atom. The summed E-state index contributed by atoms with van der Waals surface area (Å²) < 4.78 is 41.3. The third kappa shape index (κ3) is 4.14. The molecule has 5 rings (SSSR count). The van der Waals surface area contributed by atoms with Gasteiger partial charge in [0.05, 0.1) is 0 Å². The van der Waals surface area contributed by atoms with E-state index >= 15 is 0 Å². The zero-order valence-electron chi connectivity index (χ0n) is 16.8. The van der Waals surface area contributed by atoms with Crippen molar-refractivity contribution in [2.75, 3.05) is 26.2 Å². The summed E-state index contributed by atoms with van der Waals surface area (Å²) in [5, 5.41) is 4.16. The van der Waals surface area contributed by atoms with Crippen molar-refractivity contribution in [1.82, 2.24) is 24.4 Å². The lowest BCUT2D eigenvalue weighted by molar-refractivity contribution is 0.0621. The zero-order chi connectivity index (χ0) is 21.5. The number of fused-ring (bicyclic) bond motifs is 1. The summed E-state index contributed by atoms with van der Waals surface area (Å²) in [6, 6.07) is 9.31. The van der Waals surface area contributed by atoms with E-state index in [1.54, 1.807) is 17.0 Å². The van der Waals surface area contributed by atoms with Gasteiger partial charge in [0.1, 0.15) is 11.5 Å². The fourth-order valence-electron chi connectivity index (χ4n) is 3.99. The molecule has 0 radical (unpaired) electrons. The van der Waals surface area contributed by atoms with E-state index in [9.17, 15) is 18.0 Å². The number of rotatable bonds is 5. The lowest BCUT2D eigenvalue weighted by Gasteiger charge is -2.34. The number of carbonyl (C=O) groups excluding carboxylic acids is 1. The minimum Gasteiger partial charge on any atom is -0.335 e. The van der Waals surface area contributed by atoms with Crippen molar-refractivity contribution in [3.05, 3.63) is 64.9 Å². The Labute approximate surface area is 177 Å². The molecule has 0 N–H and O–H groups in total. The van der Waals surface area contributed by atoms with Crippen molar-refractivity contribution in [1.29, 1.82) is 0 Å². The third-order valence-electron chi connectivity index (χ3n) is 5.89. The Hall–Kier alpha value is -2.94. The average Bonchev–Trinajstić information content (AvgIpc) is 3.53. The molecule has 3 heterocycles. The second-order valence-corrected chi connectivity index (χ2v) is 8.18. The molecule has 162 valence electrons. The van der Waals surface area contributed by atoms with E-state index in [2.05, 4.69) is 15.0 Å². The molecule has 1 aromatic carbocycles. The van der Waals surface area contributed by atoms with E-state index in [1.165, 1.54) is 24.3 Å². The number of halogens is 3. The SMILES string of the molecule is O=C(c1cc2nc(C3CC3)cc(C(F)F)n2n1)N1CCN(Cc2ccc(F)cc2)CC1. The highest BCUT2D eigenvalue weighted by atomic mass is 19.3. The first kappa shape index (κ1) is 20.0. The summed E-state index contributed by atoms with van der Waals surface area (Å²) in [5.74, 6) is -0.314. The zero-order valence-corrected chi connectivity index (χ0v) is 16.8. The summed E-state index contributed by atoms with van der Waals surface area (Å²) >= 11 is 0. The van der Waals surface area contributed by atoms with Gasteiger partial charge in [-0.15, -0.1) is 0 Å². The maximum absolute atomic E-state index is 13.6. The smallest absolute Gasteiger partial charge is 0.280 e. The summed E-state index contributed by atoms with van der Waals surface area (Å²) in [7, 11) is 0. The first-order chi connectivity index (χ1) is 15.0. The van der Waals surface area contributed by atoms with Gasteiger partial charge in [-0.25, -0.2) is 22.7 Å². The van der Waals surface area contributed by atoms with Gasteiger partial charge in [0.25, 0.3) is 12.3 Å². The van der Waals surface area contributed by atoms with Crippen molar-refractivity contribution < 1.29 is 18.0 Å². The fraction of sp³-hybridized carbons (Fsp3) is 0.409. The van der Waals surface area contributed by atoms with Crippen molar-refractivity contribution in [3.63, 3.8) is 0 Å². The minimum atomic E-state index is -2.69. The molecule has 1 amide bonds. The second kappa shape index (κ2) is 7.96. The molecule has 0 bridgehead atoms. The van der Waals surface area contributed by atoms with Gasteiger partial charge in [-0.1, -0.05) is 12.1 Å². The highest BCUT2D eigenvalue weighted by Gasteiger charge is 2.29. The van der Waals surface area contributed by atoms with Crippen molar-refractivity contribution in [3.8, 4) is 0 Å². The van der Waals surface area contributed by atoms with Gasteiger partial charge in [0.15, 0.2) is 11.3 Å². The van der Waals surface area contributed by atoms with Crippen LogP contribution in [-0.4, -0.2) is 56.5 Å². The van der Waals surface area contributed by atoms with Gasteiger partial charge < -0.3 is 4.90 Å². The summed E-state index contributed by atoms with van der Waals surface area (Å²) in [6.45, 7) is 3.04. The highest BCUT2D eigenvalue weighted by molar-refractivity contribution is 5.93. The summed E-state index contributed by atoms with van der Waals surface area (Å²) in [4.78, 5) is 21.3. The molecule has 2 aromatic heterocycles. The van der Waals surface area contributed by atoms with Gasteiger partial charge >= 0.3 is 0 Å². The van der Waals surface area contributed by atoms with Crippen LogP contribution in [0.4, 0.5) is 13.2 Å². The summed E-state index contributed by atoms with van der Waals surface area (Å²) in [6.07, 6.45) is -0.789. The number of hydrogen-bond acceptors (Lipinski definition) is 4. The standard InChI is InChI=1S/C22H22F3N5O/c23-16-5-1-14(2-6-16)13-28-7-9-29(10-8-28)22(31)18-12-20-26-17(15-3-4-15)11-19(21(24)25)30(20)27-18/h1-2,5-6,11-12,15,21H,3-4,7-10,13H2. The predicted octanol–water partition coefficient (Wildman–Crippen LogP) is 3.64. The van der Waals surface area contributed by atoms with Crippen LogP contribution in [0.3, 0.4) is 0 Å². The van der Waals surface area contributed by atoms with Crippen LogP contribution < -0.4 is 0 Å². The Morgan fingerprint density at radius 1 is 1.06 bits per heavy atom. The number of aromatic nitrogens is 3. The number of benzene rings is 1. The van der Waals surface area contributed by atoms with E-state index in [-0.39, 0.29) is 34.7 Å². The van der Waals surface area contributed by atoms with Gasteiger partial charge in [0, 0.05) is 50.4 Å². The van der Waals surface area contributed by atoms with Crippen LogP contribution in [0.2, 0.25) is 0 Å². The Morgan fingerprint density at radius 2 is 1.77 bits per heavy atom. The van der Waals surface area contributed by atoms with Crippen molar-refractivity contribution in [2.45, 2.75) is 31.7 Å². The molecule has 3 aromatic rings. The molecule has 0 unspecified atom stereocenters. The Balaban J connectivity index is 1.29. The first-order valence-corrected chi connectivity index (χ1v) is 10.4. The van der Waals surface area contributed by atoms with Gasteiger partial charge in [-0.05, 0) is 36.6 Å². The van der Waals surface area contributed by atoms with Crippen LogP contribution in [0.5, 0.6) is 0 Å². The lowest BCUT2D eigenvalue weighted by Crippen LogP contribution is -2.48. The topological polar surface area (TPSA) is 53.7 Å². The maximum Gasteiger partial charge on any atom is 0.280 e. The number of piperazine rings is 1. The monoisotopic (exact) mass is 429 g/mol. The molecular weight excluding hydrogens is 407 g/mol. The molecular formula is C22H22F3N5O. The average molecular weight is 429 g/mol. The van der Waals surface area contributed by atoms with Gasteiger partial charge in [-0.2, -0.15) is 5.10 Å². The van der Waals surface area contributed by atoms with Crippen LogP contribution in [0.1, 0.15) is 52.6 Å². The largest absolute Gasteiger partial charge is 0.335 e. The molecule has 1 aliphatic heterocycles. The van der Waals surface area contributed by atoms with E-state index in [0.717, 1.165) is 22.9 Å². The quantitative estimate of drug-likeness (QED) is 0.622. The normalized spacial score (nSPS) is 17.6. The van der Waals surface area contributed by atoms with Crippen LogP contribution >= 0.6 is 0 Å². The molecule has 1 saturated carbocycles. The number of amides is 1. The van der Waals surface area contributed by atoms with Gasteiger partial charge in [-0.3, -0.25) is 9.69 Å². The second-order valence-electron chi connectivity index (χ2n) is 8.18. The molecule has 31 heavy (non-hydrogen) atoms. The van der Waals surface area contributed by atoms with Crippen molar-refractivity contribution >= 4 is 11.6 Å². The Bertz CT molecular complexity index is 1100. The fourth-order valence-corrected chi connectivity index (χ4v) is 3.99. The predicted molar refractivity (Wildman–Crippen MR) is 107 cm³/mol. The number of hydrogen-bond donors (Lipinski definition) is 0. The maximum atomic E-state index is 13.6. The van der Waals surface area contributed by atoms with Crippen LogP contribution in [0, 0.1) is 5.82 Å². The third-order valence-corrected chi connectivity index (χ3v) is 5.89. The number of nitrogens with zero attached hydrogens (tertiary/aromatic N) is 5. The molecule has 2 aliphatic rings. The molecule has 6 nitrogen and oxygen atoms in total. The summed E-state index contributed by atoms with van der Waals surface area (Å²) in [5.41, 5.74) is 1.86. The number of alkyl halides is 2. The van der Waals surface area contributed by atoms with E-state index in [0.29, 0.717) is 38.4 Å². The van der Waals surface area contributed by atoms with E-state index < -0.39 is 6.43 Å².